The van der Waals surface area contributed by atoms with Crippen LogP contribution in [0.5, 0.6) is 0 Å². The molecule has 5 unspecified atom stereocenters. The van der Waals surface area contributed by atoms with Crippen LogP contribution in [0.4, 0.5) is 5.69 Å². The van der Waals surface area contributed by atoms with E-state index < -0.39 is 0 Å². The summed E-state index contributed by atoms with van der Waals surface area (Å²) in [7, 11) is 0. The molecule has 0 radical (unpaired) electrons. The van der Waals surface area contributed by atoms with Crippen LogP contribution in [-0.4, -0.2) is 11.0 Å². The van der Waals surface area contributed by atoms with Gasteiger partial charge >= 0.3 is 0 Å². The van der Waals surface area contributed by atoms with Crippen molar-refractivity contribution < 1.29 is 0 Å². The molecule has 1 N–H and O–H groups in total. The molecule has 3 saturated carbocycles. The van der Waals surface area contributed by atoms with Crippen LogP contribution < -0.4 is 5.32 Å². The predicted octanol–water partition coefficient (Wildman–Crippen LogP) is 4.47. The Morgan fingerprint density at radius 1 is 0.952 bits per heavy atom. The SMILES string of the molecule is c1cc(NC2CC3CC2C2CCCC32)c2cccnc2c1. The van der Waals surface area contributed by atoms with Gasteiger partial charge in [-0.15, -0.1) is 0 Å². The zero-order valence-corrected chi connectivity index (χ0v) is 12.3. The van der Waals surface area contributed by atoms with Gasteiger partial charge in [-0.1, -0.05) is 12.5 Å². The van der Waals surface area contributed by atoms with Gasteiger partial charge in [0.15, 0.2) is 0 Å². The quantitative estimate of drug-likeness (QED) is 0.876. The van der Waals surface area contributed by atoms with Gasteiger partial charge in [-0.3, -0.25) is 4.98 Å². The topological polar surface area (TPSA) is 24.9 Å². The van der Waals surface area contributed by atoms with Crippen molar-refractivity contribution in [2.75, 3.05) is 5.32 Å². The van der Waals surface area contributed by atoms with Crippen LogP contribution in [0.15, 0.2) is 36.5 Å². The van der Waals surface area contributed by atoms with Gasteiger partial charge in [0.1, 0.15) is 0 Å². The second-order valence-electron chi connectivity index (χ2n) is 7.28. The number of anilines is 1. The summed E-state index contributed by atoms with van der Waals surface area (Å²) in [4.78, 5) is 4.48. The van der Waals surface area contributed by atoms with Gasteiger partial charge in [0, 0.05) is 23.3 Å². The first-order valence-electron chi connectivity index (χ1n) is 8.50. The molecular formula is C19H22N2. The maximum absolute atomic E-state index is 4.48. The second-order valence-corrected chi connectivity index (χ2v) is 7.28. The summed E-state index contributed by atoms with van der Waals surface area (Å²) in [6, 6.07) is 11.4. The summed E-state index contributed by atoms with van der Waals surface area (Å²) >= 11 is 0. The van der Waals surface area contributed by atoms with Crippen LogP contribution in [0.3, 0.4) is 0 Å². The van der Waals surface area contributed by atoms with Gasteiger partial charge in [-0.2, -0.15) is 0 Å². The molecule has 3 fully saturated rings. The van der Waals surface area contributed by atoms with Gasteiger partial charge in [-0.25, -0.2) is 0 Å². The molecule has 5 rings (SSSR count). The fourth-order valence-corrected chi connectivity index (χ4v) is 5.66. The average molecular weight is 278 g/mol. The summed E-state index contributed by atoms with van der Waals surface area (Å²) < 4.78 is 0. The van der Waals surface area contributed by atoms with E-state index in [0.29, 0.717) is 6.04 Å². The van der Waals surface area contributed by atoms with Gasteiger partial charge in [0.25, 0.3) is 0 Å². The lowest BCUT2D eigenvalue weighted by molar-refractivity contribution is 0.243. The van der Waals surface area contributed by atoms with E-state index in [-0.39, 0.29) is 0 Å². The van der Waals surface area contributed by atoms with Gasteiger partial charge in [0.2, 0.25) is 0 Å². The van der Waals surface area contributed by atoms with Crippen molar-refractivity contribution >= 4 is 16.6 Å². The monoisotopic (exact) mass is 278 g/mol. The zero-order valence-electron chi connectivity index (χ0n) is 12.3. The molecule has 2 heteroatoms. The number of hydrogen-bond donors (Lipinski definition) is 1. The molecule has 0 saturated heterocycles. The number of pyridine rings is 1. The molecule has 1 aromatic heterocycles. The Kier molecular flexibility index (Phi) is 2.55. The van der Waals surface area contributed by atoms with Crippen LogP contribution in [0, 0.1) is 23.7 Å². The lowest BCUT2D eigenvalue weighted by atomic mass is 9.79. The molecule has 2 aromatic rings. The molecule has 3 aliphatic carbocycles. The van der Waals surface area contributed by atoms with Crippen molar-refractivity contribution in [3.8, 4) is 0 Å². The van der Waals surface area contributed by atoms with E-state index in [0.717, 1.165) is 29.2 Å². The minimum atomic E-state index is 0.695. The lowest BCUT2D eigenvalue weighted by Crippen LogP contribution is -2.33. The van der Waals surface area contributed by atoms with E-state index in [1.807, 2.05) is 12.3 Å². The second kappa shape index (κ2) is 4.46. The fraction of sp³-hybridized carbons (Fsp3) is 0.526. The molecule has 2 nitrogen and oxygen atoms in total. The first kappa shape index (κ1) is 12.0. The van der Waals surface area contributed by atoms with Crippen LogP contribution in [-0.2, 0) is 0 Å². The highest BCUT2D eigenvalue weighted by Crippen LogP contribution is 2.59. The Morgan fingerprint density at radius 2 is 1.90 bits per heavy atom. The number of rotatable bonds is 2. The molecule has 21 heavy (non-hydrogen) atoms. The van der Waals surface area contributed by atoms with Crippen LogP contribution in [0.1, 0.15) is 32.1 Å². The Morgan fingerprint density at radius 3 is 2.90 bits per heavy atom. The molecule has 5 atom stereocenters. The van der Waals surface area contributed by atoms with Crippen molar-refractivity contribution in [3.63, 3.8) is 0 Å². The number of nitrogens with zero attached hydrogens (tertiary/aromatic N) is 1. The van der Waals surface area contributed by atoms with Crippen molar-refractivity contribution in [1.29, 1.82) is 0 Å². The highest BCUT2D eigenvalue weighted by Gasteiger charge is 2.53. The molecule has 0 aliphatic heterocycles. The summed E-state index contributed by atoms with van der Waals surface area (Å²) in [5.74, 6) is 4.03. The maximum Gasteiger partial charge on any atom is 0.0722 e. The van der Waals surface area contributed by atoms with E-state index in [1.54, 1.807) is 0 Å². The Labute approximate surface area is 126 Å². The Bertz CT molecular complexity index is 675. The zero-order chi connectivity index (χ0) is 13.8. The largest absolute Gasteiger partial charge is 0.381 e. The van der Waals surface area contributed by atoms with E-state index in [9.17, 15) is 0 Å². The van der Waals surface area contributed by atoms with E-state index in [4.69, 9.17) is 0 Å². The Balaban J connectivity index is 1.45. The van der Waals surface area contributed by atoms with Gasteiger partial charge in [0.05, 0.1) is 5.52 Å². The van der Waals surface area contributed by atoms with Gasteiger partial charge < -0.3 is 5.32 Å². The van der Waals surface area contributed by atoms with Crippen molar-refractivity contribution in [3.05, 3.63) is 36.5 Å². The first-order valence-corrected chi connectivity index (χ1v) is 8.50. The highest BCUT2D eigenvalue weighted by atomic mass is 15.0. The standard InChI is InChI=1S/C19H22N2/c1-4-13-12-10-16(14(13)5-1)19(11-12)21-18-8-2-7-17-15(18)6-3-9-20-17/h2-3,6-9,12-14,16,19,21H,1,4-5,10-11H2. The summed E-state index contributed by atoms with van der Waals surface area (Å²) in [5.41, 5.74) is 2.39. The first-order chi connectivity index (χ1) is 10.4. The minimum absolute atomic E-state index is 0.695. The lowest BCUT2D eigenvalue weighted by Gasteiger charge is -2.33. The normalized spacial score (nSPS) is 37.0. The van der Waals surface area contributed by atoms with Crippen LogP contribution in [0.25, 0.3) is 10.9 Å². The van der Waals surface area contributed by atoms with Crippen molar-refractivity contribution in [2.24, 2.45) is 23.7 Å². The number of benzene rings is 1. The maximum atomic E-state index is 4.48. The number of aromatic nitrogens is 1. The van der Waals surface area contributed by atoms with E-state index in [1.165, 1.54) is 43.2 Å². The predicted molar refractivity (Wildman–Crippen MR) is 86.2 cm³/mol. The molecule has 0 amide bonds. The minimum Gasteiger partial charge on any atom is -0.381 e. The molecule has 3 aliphatic rings. The molecular weight excluding hydrogens is 256 g/mol. The van der Waals surface area contributed by atoms with E-state index in [2.05, 4.69) is 34.6 Å². The Hall–Kier alpha value is -1.57. The fourth-order valence-electron chi connectivity index (χ4n) is 5.66. The summed E-state index contributed by atoms with van der Waals surface area (Å²) in [6.07, 6.45) is 9.23. The van der Waals surface area contributed by atoms with Crippen LogP contribution >= 0.6 is 0 Å². The third kappa shape index (κ3) is 1.74. The third-order valence-corrected chi connectivity index (χ3v) is 6.42. The summed E-state index contributed by atoms with van der Waals surface area (Å²) in [6.45, 7) is 0. The van der Waals surface area contributed by atoms with Crippen molar-refractivity contribution in [2.45, 2.75) is 38.1 Å². The van der Waals surface area contributed by atoms with Crippen LogP contribution in [0.2, 0.25) is 0 Å². The number of fused-ring (bicyclic) bond motifs is 6. The average Bonchev–Trinajstić information content (AvgIpc) is 3.20. The molecule has 1 aromatic carbocycles. The van der Waals surface area contributed by atoms with Gasteiger partial charge in [-0.05, 0) is 73.6 Å². The van der Waals surface area contributed by atoms with E-state index >= 15 is 0 Å². The smallest absolute Gasteiger partial charge is 0.0722 e. The highest BCUT2D eigenvalue weighted by molar-refractivity contribution is 5.91. The molecule has 2 bridgehead atoms. The van der Waals surface area contributed by atoms with Crippen molar-refractivity contribution in [1.82, 2.24) is 4.98 Å². The number of nitrogens with one attached hydrogen (secondary N) is 1. The molecule has 1 heterocycles. The molecule has 0 spiro atoms. The summed E-state index contributed by atoms with van der Waals surface area (Å²) in [5, 5.41) is 5.16. The molecule has 108 valence electrons. The third-order valence-electron chi connectivity index (χ3n) is 6.42. The number of hydrogen-bond acceptors (Lipinski definition) is 2.